The minimum absolute atomic E-state index is 0.0694. The van der Waals surface area contributed by atoms with Crippen LogP contribution in [0.1, 0.15) is 19.4 Å². The van der Waals surface area contributed by atoms with Crippen molar-refractivity contribution in [2.75, 3.05) is 44.3 Å². The summed E-state index contributed by atoms with van der Waals surface area (Å²) in [4.78, 5) is 4.90. The third kappa shape index (κ3) is 3.11. The molecular weight excluding hydrogens is 414 g/mol. The summed E-state index contributed by atoms with van der Waals surface area (Å²) in [7, 11) is 0. The molecule has 0 amide bonds. The summed E-state index contributed by atoms with van der Waals surface area (Å²) in [5.74, 6) is 0.0694. The average Bonchev–Trinajstić information content (AvgIpc) is 3.19. The van der Waals surface area contributed by atoms with Crippen LogP contribution in [0.5, 0.6) is 0 Å². The van der Waals surface area contributed by atoms with Crippen molar-refractivity contribution in [1.29, 1.82) is 5.26 Å². The first-order valence-corrected chi connectivity index (χ1v) is 11.1. The maximum absolute atomic E-state index is 9.09. The van der Waals surface area contributed by atoms with E-state index in [2.05, 4.69) is 39.1 Å². The van der Waals surface area contributed by atoms with Crippen LogP contribution in [-0.4, -0.2) is 69.4 Å². The van der Waals surface area contributed by atoms with E-state index in [4.69, 9.17) is 21.6 Å². The van der Waals surface area contributed by atoms with Gasteiger partial charge in [0, 0.05) is 31.6 Å². The van der Waals surface area contributed by atoms with Gasteiger partial charge in [0.25, 0.3) is 0 Å². The van der Waals surface area contributed by atoms with Gasteiger partial charge in [0.2, 0.25) is 0 Å². The van der Waals surface area contributed by atoms with Crippen molar-refractivity contribution in [2.24, 2.45) is 5.92 Å². The molecule has 8 nitrogen and oxygen atoms in total. The van der Waals surface area contributed by atoms with Crippen molar-refractivity contribution in [2.45, 2.75) is 24.9 Å². The Balaban J connectivity index is 1.27. The highest BCUT2D eigenvalue weighted by molar-refractivity contribution is 6.34. The number of nitriles is 1. The van der Waals surface area contributed by atoms with Crippen LogP contribution in [0, 0.1) is 17.2 Å². The Bertz CT molecular complexity index is 1180. The predicted molar refractivity (Wildman–Crippen MR) is 118 cm³/mol. The molecule has 3 aliphatic rings. The average molecular weight is 438 g/mol. The Labute approximate surface area is 185 Å². The molecule has 9 heteroatoms. The van der Waals surface area contributed by atoms with Gasteiger partial charge in [0.05, 0.1) is 71.6 Å². The van der Waals surface area contributed by atoms with Gasteiger partial charge in [-0.15, -0.1) is 0 Å². The van der Waals surface area contributed by atoms with Crippen molar-refractivity contribution < 1.29 is 4.74 Å². The van der Waals surface area contributed by atoms with E-state index >= 15 is 0 Å². The van der Waals surface area contributed by atoms with E-state index in [-0.39, 0.29) is 17.5 Å². The molecule has 1 aliphatic carbocycles. The second kappa shape index (κ2) is 6.95. The Hall–Kier alpha value is -2.60. The summed E-state index contributed by atoms with van der Waals surface area (Å²) in [5.41, 5.74) is 3.14. The lowest BCUT2D eigenvalue weighted by atomic mass is 9.97. The second-order valence-corrected chi connectivity index (χ2v) is 9.51. The first-order valence-electron chi connectivity index (χ1n) is 10.7. The molecule has 3 aromatic rings. The third-order valence-electron chi connectivity index (χ3n) is 6.94. The normalized spacial score (nSPS) is 25.4. The van der Waals surface area contributed by atoms with Gasteiger partial charge < -0.3 is 9.64 Å². The van der Waals surface area contributed by atoms with Crippen LogP contribution >= 0.6 is 11.6 Å². The van der Waals surface area contributed by atoms with E-state index < -0.39 is 0 Å². The van der Waals surface area contributed by atoms with Crippen LogP contribution in [0.15, 0.2) is 30.7 Å². The topological polar surface area (TPSA) is 75.1 Å². The lowest BCUT2D eigenvalue weighted by molar-refractivity contribution is -0.131. The van der Waals surface area contributed by atoms with E-state index in [1.54, 1.807) is 0 Å². The molecule has 0 radical (unpaired) electrons. The van der Waals surface area contributed by atoms with Gasteiger partial charge in [-0.25, -0.2) is 4.68 Å². The number of aromatic nitrogens is 4. The Morgan fingerprint density at radius 3 is 2.65 bits per heavy atom. The molecule has 3 fully saturated rings. The van der Waals surface area contributed by atoms with Gasteiger partial charge in [-0.3, -0.25) is 9.58 Å². The molecule has 160 valence electrons. The summed E-state index contributed by atoms with van der Waals surface area (Å²) in [5, 5.41) is 19.9. The number of ether oxygens (including phenoxy) is 1. The number of anilines is 1. The minimum atomic E-state index is 0.0694. The van der Waals surface area contributed by atoms with E-state index in [1.807, 2.05) is 34.0 Å². The lowest BCUT2D eigenvalue weighted by Crippen LogP contribution is -2.64. The summed E-state index contributed by atoms with van der Waals surface area (Å²) < 4.78 is 9.23. The highest BCUT2D eigenvalue weighted by atomic mass is 35.5. The molecule has 2 aromatic heterocycles. The van der Waals surface area contributed by atoms with E-state index in [0.717, 1.165) is 73.1 Å². The predicted octanol–water partition coefficient (Wildman–Crippen LogP) is 2.87. The SMILES string of the molecule is CC1(N2CCN(c3cc4c(cnn4-c4cnn([C@H]5C[C@@H]5C#N)c4)cc3Cl)CC2)COC1. The van der Waals surface area contributed by atoms with E-state index in [9.17, 15) is 0 Å². The fraction of sp³-hybridized carbons (Fsp3) is 0.500. The zero-order chi connectivity index (χ0) is 21.2. The molecule has 6 rings (SSSR count). The minimum Gasteiger partial charge on any atom is -0.377 e. The third-order valence-corrected chi connectivity index (χ3v) is 7.24. The molecule has 2 atom stereocenters. The van der Waals surface area contributed by atoms with Crippen molar-refractivity contribution in [3.05, 3.63) is 35.7 Å². The van der Waals surface area contributed by atoms with Crippen LogP contribution in [0.25, 0.3) is 16.6 Å². The summed E-state index contributed by atoms with van der Waals surface area (Å²) in [6, 6.07) is 6.64. The van der Waals surface area contributed by atoms with Gasteiger partial charge in [-0.1, -0.05) is 11.6 Å². The zero-order valence-electron chi connectivity index (χ0n) is 17.4. The van der Waals surface area contributed by atoms with Gasteiger partial charge in [0.1, 0.15) is 5.69 Å². The number of hydrogen-bond donors (Lipinski definition) is 0. The number of nitrogens with zero attached hydrogens (tertiary/aromatic N) is 7. The van der Waals surface area contributed by atoms with Crippen LogP contribution in [0.2, 0.25) is 5.02 Å². The fourth-order valence-electron chi connectivity index (χ4n) is 4.78. The summed E-state index contributed by atoms with van der Waals surface area (Å²) in [6.45, 7) is 7.80. The standard InChI is InChI=1S/C22H24ClN7O/c1-22(13-31-14-22)28-4-2-27(3-5-28)21-8-20-16(6-18(21)23)10-26-30(20)17-11-25-29(12-17)19-7-15(19)9-24/h6,8,10-12,15,19H,2-5,7,13-14H2,1H3/t15-,19+/m1/s1. The molecule has 2 saturated heterocycles. The van der Waals surface area contributed by atoms with Crippen molar-refractivity contribution in [3.8, 4) is 11.8 Å². The number of hydrogen-bond acceptors (Lipinski definition) is 6. The van der Waals surface area contributed by atoms with Crippen LogP contribution in [0.4, 0.5) is 5.69 Å². The number of rotatable bonds is 4. The highest BCUT2D eigenvalue weighted by Gasteiger charge is 2.41. The van der Waals surface area contributed by atoms with Crippen LogP contribution in [0.3, 0.4) is 0 Å². The maximum atomic E-state index is 9.09. The van der Waals surface area contributed by atoms with Crippen LogP contribution < -0.4 is 4.90 Å². The summed E-state index contributed by atoms with van der Waals surface area (Å²) in [6.07, 6.45) is 6.50. The summed E-state index contributed by atoms with van der Waals surface area (Å²) >= 11 is 6.68. The fourth-order valence-corrected chi connectivity index (χ4v) is 5.07. The molecular formula is C22H24ClN7O. The number of fused-ring (bicyclic) bond motifs is 1. The van der Waals surface area contributed by atoms with Crippen molar-refractivity contribution in [3.63, 3.8) is 0 Å². The molecule has 0 N–H and O–H groups in total. The van der Waals surface area contributed by atoms with Crippen molar-refractivity contribution in [1.82, 2.24) is 24.5 Å². The molecule has 0 bridgehead atoms. The Morgan fingerprint density at radius 2 is 1.97 bits per heavy atom. The monoisotopic (exact) mass is 437 g/mol. The first-order chi connectivity index (χ1) is 15.1. The Kier molecular flexibility index (Phi) is 4.29. The molecule has 31 heavy (non-hydrogen) atoms. The van der Waals surface area contributed by atoms with E-state index in [1.165, 1.54) is 0 Å². The highest BCUT2D eigenvalue weighted by Crippen LogP contribution is 2.42. The molecule has 2 aliphatic heterocycles. The lowest BCUT2D eigenvalue weighted by Gasteiger charge is -2.50. The van der Waals surface area contributed by atoms with Gasteiger partial charge in [0.15, 0.2) is 0 Å². The van der Waals surface area contributed by atoms with Gasteiger partial charge >= 0.3 is 0 Å². The maximum Gasteiger partial charge on any atom is 0.103 e. The molecule has 1 saturated carbocycles. The van der Waals surface area contributed by atoms with Gasteiger partial charge in [-0.2, -0.15) is 15.5 Å². The van der Waals surface area contributed by atoms with Crippen molar-refractivity contribution >= 4 is 28.2 Å². The van der Waals surface area contributed by atoms with E-state index in [0.29, 0.717) is 0 Å². The largest absolute Gasteiger partial charge is 0.377 e. The smallest absolute Gasteiger partial charge is 0.103 e. The Morgan fingerprint density at radius 1 is 1.16 bits per heavy atom. The molecule has 0 unspecified atom stereocenters. The van der Waals surface area contributed by atoms with Gasteiger partial charge in [-0.05, 0) is 25.5 Å². The molecule has 4 heterocycles. The molecule has 1 aromatic carbocycles. The number of halogens is 1. The zero-order valence-corrected chi connectivity index (χ0v) is 18.2. The quantitative estimate of drug-likeness (QED) is 0.624. The molecule has 0 spiro atoms. The number of benzene rings is 1. The first kappa shape index (κ1) is 19.1. The number of piperazine rings is 1. The second-order valence-electron chi connectivity index (χ2n) is 9.10. The van der Waals surface area contributed by atoms with Crippen LogP contribution in [-0.2, 0) is 4.74 Å².